The highest BCUT2D eigenvalue weighted by Gasteiger charge is 2.19. The summed E-state index contributed by atoms with van der Waals surface area (Å²) in [7, 11) is 0. The van der Waals surface area contributed by atoms with Gasteiger partial charge in [0.05, 0.1) is 0 Å². The third-order valence-electron chi connectivity index (χ3n) is 1.59. The van der Waals surface area contributed by atoms with Crippen molar-refractivity contribution in [2.24, 2.45) is 11.1 Å². The minimum atomic E-state index is -0.298. The van der Waals surface area contributed by atoms with Crippen LogP contribution >= 0.6 is 0 Å². The average Bonchev–Trinajstić information content (AvgIpc) is 2.02. The van der Waals surface area contributed by atoms with Gasteiger partial charge in [-0.05, 0) is 0 Å². The number of nitrogens with one attached hydrogen (secondary N) is 2. The largest absolute Gasteiger partial charge is 0.354 e. The van der Waals surface area contributed by atoms with Gasteiger partial charge in [-0.1, -0.05) is 20.8 Å². The molecule has 0 radical (unpaired) electrons. The lowest BCUT2D eigenvalue weighted by Crippen LogP contribution is -2.39. The summed E-state index contributed by atoms with van der Waals surface area (Å²) in [6.45, 7) is 8.56. The Bertz CT molecular complexity index is 151. The van der Waals surface area contributed by atoms with E-state index < -0.39 is 0 Å². The number of hydrogen-bond acceptors (Lipinski definition) is 3. The topological polar surface area (TPSA) is 67.2 Å². The minimum absolute atomic E-state index is 0.0852. The summed E-state index contributed by atoms with van der Waals surface area (Å²) in [5.41, 5.74) is 4.99. The Morgan fingerprint density at radius 2 is 1.85 bits per heavy atom. The average molecular weight is 187 g/mol. The van der Waals surface area contributed by atoms with E-state index in [0.29, 0.717) is 13.1 Å². The number of carbonyl (C=O) groups excluding carboxylic acids is 1. The van der Waals surface area contributed by atoms with E-state index in [1.165, 1.54) is 0 Å². The van der Waals surface area contributed by atoms with Crippen LogP contribution in [0, 0.1) is 5.41 Å². The maximum absolute atomic E-state index is 11.3. The van der Waals surface area contributed by atoms with Gasteiger partial charge in [0.2, 0.25) is 5.91 Å². The molecule has 0 heterocycles. The third kappa shape index (κ3) is 6.54. The van der Waals surface area contributed by atoms with Gasteiger partial charge in [-0.2, -0.15) is 0 Å². The highest BCUT2D eigenvalue weighted by Crippen LogP contribution is 2.11. The highest BCUT2D eigenvalue weighted by molar-refractivity contribution is 5.81. The van der Waals surface area contributed by atoms with Gasteiger partial charge in [0.15, 0.2) is 0 Å². The van der Waals surface area contributed by atoms with Crippen molar-refractivity contribution < 1.29 is 4.79 Å². The number of carbonyl (C=O) groups is 1. The standard InChI is InChI=1S/C9H21N3O/c1-9(2,3)8(13)12-7-6-11-5-4-10/h11H,4-7,10H2,1-3H3,(H,12,13). The molecule has 0 spiro atoms. The Hall–Kier alpha value is -0.610. The van der Waals surface area contributed by atoms with Crippen molar-refractivity contribution in [2.75, 3.05) is 26.2 Å². The van der Waals surface area contributed by atoms with Crippen LogP contribution in [-0.2, 0) is 4.79 Å². The van der Waals surface area contributed by atoms with Crippen molar-refractivity contribution in [3.05, 3.63) is 0 Å². The van der Waals surface area contributed by atoms with Crippen LogP contribution in [0.4, 0.5) is 0 Å². The highest BCUT2D eigenvalue weighted by atomic mass is 16.2. The van der Waals surface area contributed by atoms with Crippen molar-refractivity contribution in [2.45, 2.75) is 20.8 Å². The number of rotatable bonds is 5. The summed E-state index contributed by atoms with van der Waals surface area (Å²) in [4.78, 5) is 11.3. The molecule has 4 N–H and O–H groups in total. The molecule has 0 bridgehead atoms. The molecular formula is C9H21N3O. The van der Waals surface area contributed by atoms with Crippen LogP contribution < -0.4 is 16.4 Å². The predicted octanol–water partition coefficient (Wildman–Crippen LogP) is -0.303. The van der Waals surface area contributed by atoms with Crippen LogP contribution in [0.1, 0.15) is 20.8 Å². The van der Waals surface area contributed by atoms with Gasteiger partial charge < -0.3 is 16.4 Å². The van der Waals surface area contributed by atoms with E-state index in [4.69, 9.17) is 5.73 Å². The maximum atomic E-state index is 11.3. The van der Waals surface area contributed by atoms with E-state index in [1.54, 1.807) is 0 Å². The molecule has 0 aromatic carbocycles. The lowest BCUT2D eigenvalue weighted by molar-refractivity contribution is -0.128. The Morgan fingerprint density at radius 3 is 2.31 bits per heavy atom. The zero-order valence-corrected chi connectivity index (χ0v) is 8.81. The van der Waals surface area contributed by atoms with Crippen LogP contribution in [0.3, 0.4) is 0 Å². The molecule has 0 saturated carbocycles. The molecule has 13 heavy (non-hydrogen) atoms. The monoisotopic (exact) mass is 187 g/mol. The maximum Gasteiger partial charge on any atom is 0.225 e. The minimum Gasteiger partial charge on any atom is -0.354 e. The van der Waals surface area contributed by atoms with Gasteiger partial charge >= 0.3 is 0 Å². The van der Waals surface area contributed by atoms with Crippen LogP contribution in [0.5, 0.6) is 0 Å². The molecule has 0 unspecified atom stereocenters. The van der Waals surface area contributed by atoms with Crippen LogP contribution in [0.25, 0.3) is 0 Å². The summed E-state index contributed by atoms with van der Waals surface area (Å²) >= 11 is 0. The first-order valence-corrected chi connectivity index (χ1v) is 4.67. The molecule has 0 aliphatic heterocycles. The SMILES string of the molecule is CC(C)(C)C(=O)NCCNCCN. The van der Waals surface area contributed by atoms with E-state index in [-0.39, 0.29) is 11.3 Å². The van der Waals surface area contributed by atoms with Crippen molar-refractivity contribution in [1.29, 1.82) is 0 Å². The number of amides is 1. The van der Waals surface area contributed by atoms with Gasteiger partial charge in [-0.25, -0.2) is 0 Å². The Kier molecular flexibility index (Phi) is 5.66. The normalized spacial score (nSPS) is 11.4. The van der Waals surface area contributed by atoms with E-state index in [2.05, 4.69) is 10.6 Å². The fourth-order valence-electron chi connectivity index (χ4n) is 0.757. The van der Waals surface area contributed by atoms with Crippen molar-refractivity contribution in [3.8, 4) is 0 Å². The van der Waals surface area contributed by atoms with E-state index >= 15 is 0 Å². The molecule has 0 aromatic rings. The fourth-order valence-corrected chi connectivity index (χ4v) is 0.757. The first-order chi connectivity index (χ1) is 5.98. The summed E-state index contributed by atoms with van der Waals surface area (Å²) < 4.78 is 0. The van der Waals surface area contributed by atoms with Crippen molar-refractivity contribution in [3.63, 3.8) is 0 Å². The van der Waals surface area contributed by atoms with Crippen molar-refractivity contribution in [1.82, 2.24) is 10.6 Å². The van der Waals surface area contributed by atoms with E-state index in [0.717, 1.165) is 13.1 Å². The Morgan fingerprint density at radius 1 is 1.23 bits per heavy atom. The van der Waals surface area contributed by atoms with Gasteiger partial charge in [-0.15, -0.1) is 0 Å². The molecule has 0 aliphatic rings. The molecule has 0 fully saturated rings. The fraction of sp³-hybridized carbons (Fsp3) is 0.889. The molecule has 0 atom stereocenters. The Balaban J connectivity index is 3.38. The summed E-state index contributed by atoms with van der Waals surface area (Å²) in [5.74, 6) is 0.0852. The van der Waals surface area contributed by atoms with Gasteiger partial charge in [0, 0.05) is 31.6 Å². The first kappa shape index (κ1) is 12.4. The lowest BCUT2D eigenvalue weighted by atomic mass is 9.96. The molecular weight excluding hydrogens is 166 g/mol. The smallest absolute Gasteiger partial charge is 0.225 e. The molecule has 0 aromatic heterocycles. The molecule has 0 saturated heterocycles. The van der Waals surface area contributed by atoms with Gasteiger partial charge in [-0.3, -0.25) is 4.79 Å². The zero-order chi connectivity index (χ0) is 10.3. The molecule has 4 nitrogen and oxygen atoms in total. The quantitative estimate of drug-likeness (QED) is 0.518. The third-order valence-corrected chi connectivity index (χ3v) is 1.59. The number of nitrogens with two attached hydrogens (primary N) is 1. The second-order valence-electron chi connectivity index (χ2n) is 4.04. The van der Waals surface area contributed by atoms with E-state index in [9.17, 15) is 4.79 Å². The first-order valence-electron chi connectivity index (χ1n) is 4.67. The molecule has 4 heteroatoms. The Labute approximate surface area is 80.3 Å². The second kappa shape index (κ2) is 5.94. The molecule has 0 rings (SSSR count). The summed E-state index contributed by atoms with van der Waals surface area (Å²) in [6, 6.07) is 0. The lowest BCUT2D eigenvalue weighted by Gasteiger charge is -2.17. The molecule has 1 amide bonds. The summed E-state index contributed by atoms with van der Waals surface area (Å²) in [6.07, 6.45) is 0. The van der Waals surface area contributed by atoms with Gasteiger partial charge in [0.25, 0.3) is 0 Å². The second-order valence-corrected chi connectivity index (χ2v) is 4.04. The zero-order valence-electron chi connectivity index (χ0n) is 8.81. The van der Waals surface area contributed by atoms with Crippen LogP contribution in [0.2, 0.25) is 0 Å². The van der Waals surface area contributed by atoms with Gasteiger partial charge in [0.1, 0.15) is 0 Å². The predicted molar refractivity (Wildman–Crippen MR) is 54.4 cm³/mol. The molecule has 0 aliphatic carbocycles. The number of hydrogen-bond donors (Lipinski definition) is 3. The van der Waals surface area contributed by atoms with Crippen LogP contribution in [0.15, 0.2) is 0 Å². The van der Waals surface area contributed by atoms with Crippen molar-refractivity contribution >= 4 is 5.91 Å². The molecule has 78 valence electrons. The van der Waals surface area contributed by atoms with Crippen LogP contribution in [-0.4, -0.2) is 32.1 Å². The van der Waals surface area contributed by atoms with E-state index in [1.807, 2.05) is 20.8 Å². The summed E-state index contributed by atoms with van der Waals surface area (Å²) in [5, 5.41) is 5.94.